The number of nitrogens with one attached hydrogen (secondary N) is 2. The summed E-state index contributed by atoms with van der Waals surface area (Å²) in [6.45, 7) is 8.09. The van der Waals surface area contributed by atoms with Gasteiger partial charge >= 0.3 is 11.9 Å². The average Bonchev–Trinajstić information content (AvgIpc) is 3.64. The number of amides is 2. The number of esters is 2. The Labute approximate surface area is 233 Å². The highest BCUT2D eigenvalue weighted by atomic mass is 32.2. The molecule has 0 radical (unpaired) electrons. The van der Waals surface area contributed by atoms with E-state index < -0.39 is 17.8 Å². The van der Waals surface area contributed by atoms with Gasteiger partial charge in [0.1, 0.15) is 9.88 Å². The summed E-state index contributed by atoms with van der Waals surface area (Å²) in [4.78, 5) is 50.3. The Morgan fingerprint density at radius 2 is 1.85 bits per heavy atom. The molecule has 0 aliphatic carbocycles. The maximum Gasteiger partial charge on any atom is 0.348 e. The fourth-order valence-electron chi connectivity index (χ4n) is 3.49. The monoisotopic (exact) mass is 577 g/mol. The van der Waals surface area contributed by atoms with Gasteiger partial charge in [0, 0.05) is 6.54 Å². The van der Waals surface area contributed by atoms with Crippen molar-refractivity contribution in [2.75, 3.05) is 24.3 Å². The summed E-state index contributed by atoms with van der Waals surface area (Å²) in [6, 6.07) is 3.19. The molecule has 3 aromatic heterocycles. The van der Waals surface area contributed by atoms with Crippen LogP contribution in [-0.4, -0.2) is 57.5 Å². The highest BCUT2D eigenvalue weighted by Gasteiger charge is 2.27. The van der Waals surface area contributed by atoms with E-state index in [0.29, 0.717) is 23.1 Å². The molecular formula is C25H31N5O7S2. The van der Waals surface area contributed by atoms with Crippen LogP contribution in [0.2, 0.25) is 0 Å². The zero-order chi connectivity index (χ0) is 28.4. The lowest BCUT2D eigenvalue weighted by molar-refractivity contribution is -0.113. The minimum absolute atomic E-state index is 0.0308. The first-order valence-corrected chi connectivity index (χ1v) is 14.2. The second kappa shape index (κ2) is 14.5. The molecule has 39 heavy (non-hydrogen) atoms. The van der Waals surface area contributed by atoms with Gasteiger partial charge in [0.25, 0.3) is 5.91 Å². The summed E-state index contributed by atoms with van der Waals surface area (Å²) in [7, 11) is 0. The number of carbonyl (C=O) groups is 4. The maximum absolute atomic E-state index is 12.9. The highest BCUT2D eigenvalue weighted by molar-refractivity contribution is 7.99. The van der Waals surface area contributed by atoms with Crippen molar-refractivity contribution in [2.45, 2.75) is 58.8 Å². The first kappa shape index (κ1) is 29.9. The molecule has 0 bridgehead atoms. The van der Waals surface area contributed by atoms with Crippen molar-refractivity contribution in [1.82, 2.24) is 20.1 Å². The van der Waals surface area contributed by atoms with Gasteiger partial charge in [-0.3, -0.25) is 9.59 Å². The molecule has 14 heteroatoms. The molecule has 3 aromatic rings. The Bertz CT molecular complexity index is 1300. The minimum atomic E-state index is -0.634. The molecule has 3 heterocycles. The first-order chi connectivity index (χ1) is 18.8. The van der Waals surface area contributed by atoms with Crippen LogP contribution >= 0.6 is 23.1 Å². The van der Waals surface area contributed by atoms with Gasteiger partial charge in [0.2, 0.25) is 5.91 Å². The maximum atomic E-state index is 12.9. The molecule has 0 unspecified atom stereocenters. The molecule has 0 fully saturated rings. The van der Waals surface area contributed by atoms with Gasteiger partial charge in [0.05, 0.1) is 37.3 Å². The van der Waals surface area contributed by atoms with Crippen LogP contribution in [-0.2, 0) is 27.4 Å². The van der Waals surface area contributed by atoms with Gasteiger partial charge in [-0.25, -0.2) is 9.59 Å². The van der Waals surface area contributed by atoms with E-state index in [1.165, 1.54) is 18.0 Å². The van der Waals surface area contributed by atoms with Crippen molar-refractivity contribution >= 4 is 51.9 Å². The number of furan rings is 1. The summed E-state index contributed by atoms with van der Waals surface area (Å²) >= 11 is 2.14. The van der Waals surface area contributed by atoms with E-state index >= 15 is 0 Å². The van der Waals surface area contributed by atoms with E-state index in [4.69, 9.17) is 13.9 Å². The second-order valence-corrected chi connectivity index (χ2v) is 10.1. The molecule has 0 saturated carbocycles. The van der Waals surface area contributed by atoms with E-state index in [-0.39, 0.29) is 52.6 Å². The number of ether oxygens (including phenoxy) is 2. The van der Waals surface area contributed by atoms with Crippen molar-refractivity contribution in [1.29, 1.82) is 0 Å². The number of thioether (sulfide) groups is 1. The molecule has 2 N–H and O–H groups in total. The fraction of sp³-hybridized carbons (Fsp3) is 0.440. The zero-order valence-corrected chi connectivity index (χ0v) is 23.8. The molecule has 2 amide bonds. The molecule has 0 spiro atoms. The predicted molar refractivity (Wildman–Crippen MR) is 145 cm³/mol. The number of hydrogen-bond acceptors (Lipinski definition) is 11. The van der Waals surface area contributed by atoms with Gasteiger partial charge in [0.15, 0.2) is 16.7 Å². The second-order valence-electron chi connectivity index (χ2n) is 8.10. The summed E-state index contributed by atoms with van der Waals surface area (Å²) in [5, 5.41) is 14.6. The molecule has 0 aliphatic rings. The largest absolute Gasteiger partial charge is 0.462 e. The molecule has 0 aromatic carbocycles. The summed E-state index contributed by atoms with van der Waals surface area (Å²) in [5.74, 6) is -1.27. The van der Waals surface area contributed by atoms with Crippen molar-refractivity contribution in [2.24, 2.45) is 0 Å². The minimum Gasteiger partial charge on any atom is -0.462 e. The Kier molecular flexibility index (Phi) is 11.1. The third-order valence-corrected chi connectivity index (χ3v) is 7.51. The van der Waals surface area contributed by atoms with Gasteiger partial charge in [-0.15, -0.1) is 21.5 Å². The predicted octanol–water partition coefficient (Wildman–Crippen LogP) is 4.06. The molecule has 12 nitrogen and oxygen atoms in total. The normalized spacial score (nSPS) is 10.8. The van der Waals surface area contributed by atoms with E-state index in [1.807, 2.05) is 4.57 Å². The number of aromatic nitrogens is 3. The quantitative estimate of drug-likeness (QED) is 0.212. The number of nitrogens with zero attached hydrogens (tertiary/aromatic N) is 3. The van der Waals surface area contributed by atoms with E-state index in [0.717, 1.165) is 24.2 Å². The van der Waals surface area contributed by atoms with Crippen LogP contribution in [0.4, 0.5) is 5.00 Å². The number of anilines is 1. The smallest absolute Gasteiger partial charge is 0.348 e. The van der Waals surface area contributed by atoms with Crippen molar-refractivity contribution < 1.29 is 33.1 Å². The standard InChI is InChI=1S/C25H31N5O7S2/c1-5-8-11-30-17(13-26-21(32)16-10-9-12-37-16)28-29-25(30)38-14-18(31)27-22-19(23(33)35-6-2)15(4)20(39-22)24(34)36-7-3/h9-10,12H,5-8,11,13-14H2,1-4H3,(H,26,32)(H,27,31). The lowest BCUT2D eigenvalue weighted by atomic mass is 10.1. The van der Waals surface area contributed by atoms with Crippen molar-refractivity contribution in [3.05, 3.63) is 46.0 Å². The molecular weight excluding hydrogens is 546 g/mol. The first-order valence-electron chi connectivity index (χ1n) is 12.4. The van der Waals surface area contributed by atoms with Gasteiger partial charge in [-0.05, 0) is 44.9 Å². The van der Waals surface area contributed by atoms with E-state index in [9.17, 15) is 19.2 Å². The molecule has 3 rings (SSSR count). The van der Waals surface area contributed by atoms with Crippen LogP contribution in [0.15, 0.2) is 28.0 Å². The van der Waals surface area contributed by atoms with Crippen LogP contribution in [0.5, 0.6) is 0 Å². The van der Waals surface area contributed by atoms with Crippen LogP contribution in [0, 0.1) is 6.92 Å². The molecule has 0 aliphatic heterocycles. The summed E-state index contributed by atoms with van der Waals surface area (Å²) in [5.41, 5.74) is 0.518. The number of carbonyl (C=O) groups excluding carboxylic acids is 4. The average molecular weight is 578 g/mol. The Balaban J connectivity index is 1.72. The Morgan fingerprint density at radius 3 is 2.51 bits per heavy atom. The number of rotatable bonds is 14. The highest BCUT2D eigenvalue weighted by Crippen LogP contribution is 2.34. The van der Waals surface area contributed by atoms with Crippen molar-refractivity contribution in [3.63, 3.8) is 0 Å². The topological polar surface area (TPSA) is 155 Å². The van der Waals surface area contributed by atoms with Gasteiger partial charge < -0.3 is 29.1 Å². The number of hydrogen-bond donors (Lipinski definition) is 2. The third kappa shape index (κ3) is 7.69. The van der Waals surface area contributed by atoms with E-state index in [1.54, 1.807) is 32.9 Å². The fourth-order valence-corrected chi connectivity index (χ4v) is 5.37. The molecule has 0 atom stereocenters. The molecule has 210 valence electrons. The SMILES string of the molecule is CCCCn1c(CNC(=O)c2ccco2)nnc1SCC(=O)Nc1sc(C(=O)OCC)c(C)c1C(=O)OCC. The number of thiophene rings is 1. The lowest BCUT2D eigenvalue weighted by Gasteiger charge is -2.10. The van der Waals surface area contributed by atoms with Gasteiger partial charge in [-0.1, -0.05) is 25.1 Å². The third-order valence-electron chi connectivity index (χ3n) is 5.35. The van der Waals surface area contributed by atoms with Crippen LogP contribution in [0.1, 0.15) is 75.6 Å². The van der Waals surface area contributed by atoms with Gasteiger partial charge in [-0.2, -0.15) is 0 Å². The lowest BCUT2D eigenvalue weighted by Crippen LogP contribution is -2.24. The zero-order valence-electron chi connectivity index (χ0n) is 22.2. The summed E-state index contributed by atoms with van der Waals surface area (Å²) < 4.78 is 17.2. The van der Waals surface area contributed by atoms with Crippen molar-refractivity contribution in [3.8, 4) is 0 Å². The number of unbranched alkanes of at least 4 members (excludes halogenated alkanes) is 1. The Morgan fingerprint density at radius 1 is 1.10 bits per heavy atom. The van der Waals surface area contributed by atoms with E-state index in [2.05, 4.69) is 27.8 Å². The Hall–Kier alpha value is -3.65. The van der Waals surface area contributed by atoms with Crippen LogP contribution in [0.3, 0.4) is 0 Å². The summed E-state index contributed by atoms with van der Waals surface area (Å²) in [6.07, 6.45) is 3.20. The van der Waals surface area contributed by atoms with Crippen LogP contribution in [0.25, 0.3) is 0 Å². The van der Waals surface area contributed by atoms with Crippen LogP contribution < -0.4 is 10.6 Å². The molecule has 0 saturated heterocycles.